The normalized spacial score (nSPS) is 10.4. The van der Waals surface area contributed by atoms with Gasteiger partial charge >= 0.3 is 0 Å². The van der Waals surface area contributed by atoms with E-state index >= 15 is 0 Å². The molecule has 0 unspecified atom stereocenters. The molecular formula is C15H16BrNO2. The van der Waals surface area contributed by atoms with Crippen molar-refractivity contribution in [2.24, 2.45) is 0 Å². The summed E-state index contributed by atoms with van der Waals surface area (Å²) in [5, 5.41) is 0. The summed E-state index contributed by atoms with van der Waals surface area (Å²) in [4.78, 5) is 0. The Bertz CT molecular complexity index is 531. The molecule has 0 fully saturated rings. The predicted octanol–water partition coefficient (Wildman–Crippen LogP) is 3.63. The lowest BCUT2D eigenvalue weighted by molar-refractivity contribution is 0.0886. The molecule has 0 heterocycles. The molecule has 4 heteroatoms. The molecule has 0 aliphatic rings. The second-order valence-electron chi connectivity index (χ2n) is 4.06. The zero-order valence-corrected chi connectivity index (χ0v) is 12.1. The molecule has 0 bridgehead atoms. The first kappa shape index (κ1) is 13.9. The van der Waals surface area contributed by atoms with Gasteiger partial charge in [-0.25, -0.2) is 0 Å². The maximum atomic E-state index is 5.67. The van der Waals surface area contributed by atoms with Crippen LogP contribution < -0.4 is 10.5 Å². The molecule has 0 radical (unpaired) electrons. The molecule has 2 rings (SSSR count). The van der Waals surface area contributed by atoms with Gasteiger partial charge in [-0.3, -0.25) is 0 Å². The van der Waals surface area contributed by atoms with E-state index in [1.54, 1.807) is 6.07 Å². The molecule has 3 nitrogen and oxygen atoms in total. The number of halogens is 1. The first-order valence-electron chi connectivity index (χ1n) is 6.05. The quantitative estimate of drug-likeness (QED) is 0.652. The van der Waals surface area contributed by atoms with E-state index in [2.05, 4.69) is 15.9 Å². The Morgan fingerprint density at radius 2 is 1.84 bits per heavy atom. The molecule has 0 aliphatic carbocycles. The van der Waals surface area contributed by atoms with Gasteiger partial charge in [0.25, 0.3) is 0 Å². The van der Waals surface area contributed by atoms with Gasteiger partial charge in [0.05, 0.1) is 13.2 Å². The minimum absolute atomic E-state index is 0.508. The highest BCUT2D eigenvalue weighted by molar-refractivity contribution is 9.10. The van der Waals surface area contributed by atoms with E-state index in [1.807, 2.05) is 42.5 Å². The number of benzene rings is 2. The number of hydrogen-bond acceptors (Lipinski definition) is 3. The number of anilines is 1. The molecule has 2 aromatic carbocycles. The second kappa shape index (κ2) is 7.16. The second-order valence-corrected chi connectivity index (χ2v) is 4.92. The molecule has 0 saturated carbocycles. The smallest absolute Gasteiger partial charge is 0.121 e. The van der Waals surface area contributed by atoms with Crippen LogP contribution in [0.5, 0.6) is 5.75 Å². The number of nitrogens with two attached hydrogens (primary N) is 1. The molecule has 0 aromatic heterocycles. The van der Waals surface area contributed by atoms with Gasteiger partial charge < -0.3 is 15.2 Å². The molecule has 2 aromatic rings. The van der Waals surface area contributed by atoms with Gasteiger partial charge in [0.2, 0.25) is 0 Å². The van der Waals surface area contributed by atoms with Gasteiger partial charge in [0.1, 0.15) is 12.4 Å². The van der Waals surface area contributed by atoms with Crippen LogP contribution in [0, 0.1) is 0 Å². The van der Waals surface area contributed by atoms with Gasteiger partial charge in [0.15, 0.2) is 0 Å². The first-order chi connectivity index (χ1) is 9.25. The fourth-order valence-corrected chi connectivity index (χ4v) is 2.02. The number of hydrogen-bond donors (Lipinski definition) is 1. The van der Waals surface area contributed by atoms with Gasteiger partial charge in [-0.2, -0.15) is 0 Å². The van der Waals surface area contributed by atoms with Gasteiger partial charge in [-0.05, 0) is 23.8 Å². The third kappa shape index (κ3) is 4.58. The monoisotopic (exact) mass is 321 g/mol. The highest BCUT2D eigenvalue weighted by atomic mass is 79.9. The van der Waals surface area contributed by atoms with E-state index in [9.17, 15) is 0 Å². The fraction of sp³-hybridized carbons (Fsp3) is 0.200. The zero-order valence-electron chi connectivity index (χ0n) is 10.5. The predicted molar refractivity (Wildman–Crippen MR) is 80.1 cm³/mol. The molecule has 19 heavy (non-hydrogen) atoms. The summed E-state index contributed by atoms with van der Waals surface area (Å²) in [7, 11) is 0. The first-order valence-corrected chi connectivity index (χ1v) is 6.84. The van der Waals surface area contributed by atoms with Crippen LogP contribution in [0.25, 0.3) is 0 Å². The highest BCUT2D eigenvalue weighted by Crippen LogP contribution is 2.17. The largest absolute Gasteiger partial charge is 0.491 e. The SMILES string of the molecule is Nc1cccc(OCCOCc2ccccc2Br)c1. The molecule has 0 saturated heterocycles. The van der Waals surface area contributed by atoms with E-state index in [4.69, 9.17) is 15.2 Å². The van der Waals surface area contributed by atoms with Gasteiger partial charge in [-0.1, -0.05) is 40.2 Å². The van der Waals surface area contributed by atoms with E-state index in [-0.39, 0.29) is 0 Å². The summed E-state index contributed by atoms with van der Waals surface area (Å²) in [6, 6.07) is 15.4. The summed E-state index contributed by atoms with van der Waals surface area (Å²) >= 11 is 3.48. The lowest BCUT2D eigenvalue weighted by Crippen LogP contribution is -2.07. The van der Waals surface area contributed by atoms with Crippen molar-refractivity contribution < 1.29 is 9.47 Å². The van der Waals surface area contributed by atoms with Crippen molar-refractivity contribution >= 4 is 21.6 Å². The van der Waals surface area contributed by atoms with Gasteiger partial charge in [-0.15, -0.1) is 0 Å². The summed E-state index contributed by atoms with van der Waals surface area (Å²) in [6.45, 7) is 1.62. The molecule has 0 aliphatic heterocycles. The average Bonchev–Trinajstić information content (AvgIpc) is 2.40. The lowest BCUT2D eigenvalue weighted by Gasteiger charge is -2.08. The topological polar surface area (TPSA) is 44.5 Å². The van der Waals surface area contributed by atoms with Crippen LogP contribution in [-0.4, -0.2) is 13.2 Å². The Balaban J connectivity index is 1.69. The summed E-state index contributed by atoms with van der Waals surface area (Å²) in [5.74, 6) is 0.768. The zero-order chi connectivity index (χ0) is 13.5. The fourth-order valence-electron chi connectivity index (χ4n) is 1.62. The maximum absolute atomic E-state index is 5.67. The van der Waals surface area contributed by atoms with Gasteiger partial charge in [0, 0.05) is 16.2 Å². The van der Waals surface area contributed by atoms with Crippen LogP contribution in [0.4, 0.5) is 5.69 Å². The highest BCUT2D eigenvalue weighted by Gasteiger charge is 1.99. The average molecular weight is 322 g/mol. The van der Waals surface area contributed by atoms with Crippen molar-refractivity contribution in [1.82, 2.24) is 0 Å². The summed E-state index contributed by atoms with van der Waals surface area (Å²) < 4.78 is 12.2. The van der Waals surface area contributed by atoms with Crippen molar-refractivity contribution in [1.29, 1.82) is 0 Å². The van der Waals surface area contributed by atoms with Crippen LogP contribution >= 0.6 is 15.9 Å². The minimum Gasteiger partial charge on any atom is -0.491 e. The van der Waals surface area contributed by atoms with E-state index in [1.165, 1.54) is 0 Å². The Hall–Kier alpha value is -1.52. The summed E-state index contributed by atoms with van der Waals surface area (Å²) in [5.41, 5.74) is 7.50. The van der Waals surface area contributed by atoms with E-state index in [0.717, 1.165) is 15.8 Å². The van der Waals surface area contributed by atoms with E-state index < -0.39 is 0 Å². The van der Waals surface area contributed by atoms with Crippen LogP contribution in [0.1, 0.15) is 5.56 Å². The minimum atomic E-state index is 0.508. The van der Waals surface area contributed by atoms with E-state index in [0.29, 0.717) is 25.5 Å². The third-order valence-corrected chi connectivity index (χ3v) is 3.34. The summed E-state index contributed by atoms with van der Waals surface area (Å²) in [6.07, 6.45) is 0. The number of rotatable bonds is 6. The lowest BCUT2D eigenvalue weighted by atomic mass is 10.2. The Labute approximate surface area is 121 Å². The molecule has 0 spiro atoms. The molecule has 100 valence electrons. The number of ether oxygens (including phenoxy) is 2. The Morgan fingerprint density at radius 3 is 2.63 bits per heavy atom. The molecule has 0 atom stereocenters. The van der Waals surface area contributed by atoms with Crippen molar-refractivity contribution in [3.8, 4) is 5.75 Å². The van der Waals surface area contributed by atoms with Crippen LogP contribution in [0.3, 0.4) is 0 Å². The van der Waals surface area contributed by atoms with Crippen molar-refractivity contribution in [2.75, 3.05) is 18.9 Å². The van der Waals surface area contributed by atoms with Crippen molar-refractivity contribution in [3.63, 3.8) is 0 Å². The maximum Gasteiger partial charge on any atom is 0.121 e. The molecule has 0 amide bonds. The van der Waals surface area contributed by atoms with Crippen molar-refractivity contribution in [2.45, 2.75) is 6.61 Å². The molecule has 2 N–H and O–H groups in total. The van der Waals surface area contributed by atoms with Crippen molar-refractivity contribution in [3.05, 3.63) is 58.6 Å². The molecular weight excluding hydrogens is 306 g/mol. The Morgan fingerprint density at radius 1 is 1.00 bits per heavy atom. The van der Waals surface area contributed by atoms with Crippen LogP contribution in [0.15, 0.2) is 53.0 Å². The number of nitrogen functional groups attached to an aromatic ring is 1. The Kier molecular flexibility index (Phi) is 5.24. The third-order valence-electron chi connectivity index (χ3n) is 2.57. The van der Waals surface area contributed by atoms with Crippen LogP contribution in [-0.2, 0) is 11.3 Å². The standard InChI is InChI=1S/C15H16BrNO2/c16-15-7-2-1-4-12(15)11-18-8-9-19-14-6-3-5-13(17)10-14/h1-7,10H,8-9,11,17H2. The van der Waals surface area contributed by atoms with Crippen LogP contribution in [0.2, 0.25) is 0 Å².